The van der Waals surface area contributed by atoms with E-state index in [1.807, 2.05) is 66.7 Å². The average Bonchev–Trinajstić information content (AvgIpc) is 3.02. The van der Waals surface area contributed by atoms with Gasteiger partial charge >= 0.3 is 0 Å². The first-order valence-corrected chi connectivity index (χ1v) is 10.1. The lowest BCUT2D eigenvalue weighted by atomic mass is 10.0. The number of nitrogens with one attached hydrogen (secondary N) is 1. The van der Waals surface area contributed by atoms with Crippen LogP contribution < -0.4 is 5.32 Å². The summed E-state index contributed by atoms with van der Waals surface area (Å²) in [6.07, 6.45) is 4.57. The van der Waals surface area contributed by atoms with Crippen molar-refractivity contribution >= 4 is 22.4 Å². The van der Waals surface area contributed by atoms with Crippen LogP contribution in [0.2, 0.25) is 0 Å². The van der Waals surface area contributed by atoms with Crippen molar-refractivity contribution in [3.05, 3.63) is 78.1 Å². The summed E-state index contributed by atoms with van der Waals surface area (Å²) in [4.78, 5) is 12.8. The van der Waals surface area contributed by atoms with Gasteiger partial charge in [0.25, 0.3) is 5.91 Å². The smallest absolute Gasteiger partial charge is 0.256 e. The van der Waals surface area contributed by atoms with Gasteiger partial charge in [-0.25, -0.2) is 0 Å². The molecule has 5 heteroatoms. The molecule has 0 fully saturated rings. The van der Waals surface area contributed by atoms with Crippen molar-refractivity contribution in [3.8, 4) is 11.4 Å². The lowest BCUT2D eigenvalue weighted by Crippen LogP contribution is -2.12. The Labute approximate surface area is 169 Å². The summed E-state index contributed by atoms with van der Waals surface area (Å²) in [7, 11) is 0. The second-order valence-corrected chi connectivity index (χ2v) is 7.46. The molecule has 0 bridgehead atoms. The summed E-state index contributed by atoms with van der Waals surface area (Å²) in [6, 6.07) is 21.6. The molecule has 5 rings (SSSR count). The Kier molecular flexibility index (Phi) is 4.56. The van der Waals surface area contributed by atoms with Crippen molar-refractivity contribution in [1.82, 2.24) is 14.8 Å². The average molecular weight is 382 g/mol. The highest BCUT2D eigenvalue weighted by molar-refractivity contribution is 6.12. The van der Waals surface area contributed by atoms with Gasteiger partial charge in [0.1, 0.15) is 5.82 Å². The molecular formula is C24H22N4O. The Balaban J connectivity index is 1.38. The standard InChI is InChI=1S/C24H22N4O/c29-24(21-10-6-8-17-7-3-4-9-20(17)21)25-19-14-12-18(13-15-19)23-27-26-22-11-2-1-5-16-28(22)23/h3-4,6-10,12-15H,1-2,5,11,16H2,(H,25,29). The minimum Gasteiger partial charge on any atom is -0.322 e. The molecule has 2 heterocycles. The molecule has 1 aliphatic rings. The van der Waals surface area contributed by atoms with Crippen molar-refractivity contribution in [1.29, 1.82) is 0 Å². The van der Waals surface area contributed by atoms with Crippen molar-refractivity contribution in [2.24, 2.45) is 0 Å². The van der Waals surface area contributed by atoms with E-state index in [1.54, 1.807) is 0 Å². The van der Waals surface area contributed by atoms with Gasteiger partial charge in [-0.05, 0) is 53.9 Å². The van der Waals surface area contributed by atoms with Crippen LogP contribution in [0.15, 0.2) is 66.7 Å². The summed E-state index contributed by atoms with van der Waals surface area (Å²) in [6.45, 7) is 0.969. The molecule has 0 spiro atoms. The van der Waals surface area contributed by atoms with Crippen LogP contribution in [0.1, 0.15) is 35.4 Å². The van der Waals surface area contributed by atoms with Crippen LogP contribution in [0.5, 0.6) is 0 Å². The number of nitrogens with zero attached hydrogens (tertiary/aromatic N) is 3. The van der Waals surface area contributed by atoms with E-state index in [2.05, 4.69) is 20.1 Å². The van der Waals surface area contributed by atoms with E-state index in [1.165, 1.54) is 12.8 Å². The predicted octanol–water partition coefficient (Wildman–Crippen LogP) is 5.08. The Hall–Kier alpha value is -3.47. The highest BCUT2D eigenvalue weighted by Gasteiger charge is 2.16. The Bertz CT molecular complexity index is 1170. The van der Waals surface area contributed by atoms with Crippen LogP contribution in [0, 0.1) is 0 Å². The zero-order valence-corrected chi connectivity index (χ0v) is 16.1. The molecular weight excluding hydrogens is 360 g/mol. The van der Waals surface area contributed by atoms with Gasteiger partial charge in [-0.1, -0.05) is 42.8 Å². The van der Waals surface area contributed by atoms with Crippen molar-refractivity contribution in [2.75, 3.05) is 5.32 Å². The number of hydrogen-bond donors (Lipinski definition) is 1. The van der Waals surface area contributed by atoms with Gasteiger partial charge < -0.3 is 9.88 Å². The fourth-order valence-corrected chi connectivity index (χ4v) is 4.02. The topological polar surface area (TPSA) is 59.8 Å². The number of amides is 1. The third kappa shape index (κ3) is 3.40. The van der Waals surface area contributed by atoms with E-state index < -0.39 is 0 Å². The number of anilines is 1. The van der Waals surface area contributed by atoms with Gasteiger partial charge in [-0.2, -0.15) is 0 Å². The van der Waals surface area contributed by atoms with Crippen LogP contribution >= 0.6 is 0 Å². The molecule has 0 unspecified atom stereocenters. The summed E-state index contributed by atoms with van der Waals surface area (Å²) in [5.41, 5.74) is 2.46. The molecule has 1 amide bonds. The van der Waals surface area contributed by atoms with E-state index in [0.29, 0.717) is 5.56 Å². The molecule has 0 radical (unpaired) electrons. The zero-order chi connectivity index (χ0) is 19.6. The number of rotatable bonds is 3. The first kappa shape index (κ1) is 17.6. The summed E-state index contributed by atoms with van der Waals surface area (Å²) >= 11 is 0. The van der Waals surface area contributed by atoms with Crippen molar-refractivity contribution in [2.45, 2.75) is 32.2 Å². The second kappa shape index (κ2) is 7.51. The summed E-state index contributed by atoms with van der Waals surface area (Å²) in [5, 5.41) is 13.8. The fraction of sp³-hybridized carbons (Fsp3) is 0.208. The van der Waals surface area contributed by atoms with Gasteiger partial charge in [-0.3, -0.25) is 4.79 Å². The predicted molar refractivity (Wildman–Crippen MR) is 115 cm³/mol. The number of fused-ring (bicyclic) bond motifs is 2. The number of aromatic nitrogens is 3. The van der Waals surface area contributed by atoms with Gasteiger partial charge in [0.2, 0.25) is 0 Å². The van der Waals surface area contributed by atoms with Crippen molar-refractivity contribution < 1.29 is 4.79 Å². The number of carbonyl (C=O) groups excluding carboxylic acids is 1. The molecule has 1 aliphatic heterocycles. The molecule has 1 N–H and O–H groups in total. The highest BCUT2D eigenvalue weighted by atomic mass is 16.1. The normalized spacial score (nSPS) is 13.7. The first-order chi connectivity index (χ1) is 14.3. The number of carbonyl (C=O) groups is 1. The fourth-order valence-electron chi connectivity index (χ4n) is 4.02. The van der Waals surface area contributed by atoms with Crippen LogP contribution in [0.4, 0.5) is 5.69 Å². The number of aryl methyl sites for hydroxylation is 1. The molecule has 3 aromatic carbocycles. The van der Waals surface area contributed by atoms with Crippen LogP contribution in [0.3, 0.4) is 0 Å². The molecule has 0 saturated carbocycles. The van der Waals surface area contributed by atoms with Crippen molar-refractivity contribution in [3.63, 3.8) is 0 Å². The minimum atomic E-state index is -0.106. The van der Waals surface area contributed by atoms with E-state index >= 15 is 0 Å². The third-order valence-electron chi connectivity index (χ3n) is 5.54. The SMILES string of the molecule is O=C(Nc1ccc(-c2nnc3n2CCCCC3)cc1)c1cccc2ccccc12. The number of benzene rings is 3. The zero-order valence-electron chi connectivity index (χ0n) is 16.1. The molecule has 0 saturated heterocycles. The van der Waals surface area contributed by atoms with Crippen LogP contribution in [-0.2, 0) is 13.0 Å². The monoisotopic (exact) mass is 382 g/mol. The summed E-state index contributed by atoms with van der Waals surface area (Å²) in [5.74, 6) is 1.88. The molecule has 5 nitrogen and oxygen atoms in total. The third-order valence-corrected chi connectivity index (χ3v) is 5.54. The molecule has 144 valence electrons. The van der Waals surface area contributed by atoms with E-state index in [-0.39, 0.29) is 5.91 Å². The Morgan fingerprint density at radius 3 is 2.59 bits per heavy atom. The largest absolute Gasteiger partial charge is 0.322 e. The van der Waals surface area contributed by atoms with E-state index in [9.17, 15) is 4.79 Å². The Morgan fingerprint density at radius 2 is 1.69 bits per heavy atom. The highest BCUT2D eigenvalue weighted by Crippen LogP contribution is 2.25. The molecule has 0 atom stereocenters. The lowest BCUT2D eigenvalue weighted by Gasteiger charge is -2.10. The quantitative estimate of drug-likeness (QED) is 0.538. The minimum absolute atomic E-state index is 0.106. The summed E-state index contributed by atoms with van der Waals surface area (Å²) < 4.78 is 2.23. The Morgan fingerprint density at radius 1 is 0.862 bits per heavy atom. The van der Waals surface area contributed by atoms with Gasteiger partial charge in [-0.15, -0.1) is 10.2 Å². The molecule has 29 heavy (non-hydrogen) atoms. The maximum absolute atomic E-state index is 12.8. The maximum Gasteiger partial charge on any atom is 0.256 e. The van der Waals surface area contributed by atoms with Crippen LogP contribution in [-0.4, -0.2) is 20.7 Å². The molecule has 0 aliphatic carbocycles. The second-order valence-electron chi connectivity index (χ2n) is 7.46. The first-order valence-electron chi connectivity index (χ1n) is 10.1. The maximum atomic E-state index is 12.8. The van der Waals surface area contributed by atoms with Gasteiger partial charge in [0, 0.05) is 29.8 Å². The van der Waals surface area contributed by atoms with Gasteiger partial charge in [0.05, 0.1) is 0 Å². The number of hydrogen-bond acceptors (Lipinski definition) is 3. The van der Waals surface area contributed by atoms with Gasteiger partial charge in [0.15, 0.2) is 5.82 Å². The molecule has 4 aromatic rings. The van der Waals surface area contributed by atoms with E-state index in [0.717, 1.165) is 53.1 Å². The van der Waals surface area contributed by atoms with E-state index in [4.69, 9.17) is 0 Å². The lowest BCUT2D eigenvalue weighted by molar-refractivity contribution is 0.102. The van der Waals surface area contributed by atoms with Crippen LogP contribution in [0.25, 0.3) is 22.2 Å². The molecule has 1 aromatic heterocycles.